The topological polar surface area (TPSA) is 67.9 Å². The molecule has 6 nitrogen and oxygen atoms in total. The largest absolute Gasteiger partial charge is 0.483 e. The summed E-state index contributed by atoms with van der Waals surface area (Å²) < 4.78 is 11.6. The molecule has 3 rings (SSSR count). The quantitative estimate of drug-likeness (QED) is 0.682. The number of carbonyl (C=O) groups is 2. The molecular formula is C26H34N2O4. The number of para-hydroxylation sites is 1. The van der Waals surface area contributed by atoms with Gasteiger partial charge in [-0.3, -0.25) is 9.59 Å². The fraction of sp³-hybridized carbons (Fsp3) is 0.462. The van der Waals surface area contributed by atoms with Crippen molar-refractivity contribution in [2.75, 3.05) is 26.3 Å². The summed E-state index contributed by atoms with van der Waals surface area (Å²) >= 11 is 0. The average molecular weight is 439 g/mol. The van der Waals surface area contributed by atoms with Gasteiger partial charge in [-0.1, -0.05) is 37.3 Å². The Hall–Kier alpha value is -3.02. The van der Waals surface area contributed by atoms with Crippen LogP contribution in [0.3, 0.4) is 0 Å². The zero-order valence-electron chi connectivity index (χ0n) is 19.6. The standard InChI is InChI=1S/C26H34N2O4/c1-5-21-8-6-7-9-23(21)31-16-24(29)27-22-12-14-28(15-13-22)25(30)17-32-26-19(3)11-10-18(2)20(26)4/h6-11,22H,5,12-17H2,1-4H3,(H,27,29). The van der Waals surface area contributed by atoms with Crippen LogP contribution in [0.15, 0.2) is 36.4 Å². The molecule has 0 unspecified atom stereocenters. The number of ether oxygens (including phenoxy) is 2. The molecule has 0 aliphatic carbocycles. The van der Waals surface area contributed by atoms with Crippen LogP contribution in [-0.2, 0) is 16.0 Å². The van der Waals surface area contributed by atoms with Crippen molar-refractivity contribution in [3.63, 3.8) is 0 Å². The first kappa shape index (κ1) is 23.6. The third-order valence-corrected chi connectivity index (χ3v) is 6.14. The summed E-state index contributed by atoms with van der Waals surface area (Å²) in [7, 11) is 0. The van der Waals surface area contributed by atoms with Crippen molar-refractivity contribution in [3.05, 3.63) is 58.7 Å². The first-order chi connectivity index (χ1) is 15.4. The van der Waals surface area contributed by atoms with Crippen molar-refractivity contribution in [2.24, 2.45) is 0 Å². The van der Waals surface area contributed by atoms with E-state index in [1.165, 1.54) is 0 Å². The van der Waals surface area contributed by atoms with Gasteiger partial charge in [0.25, 0.3) is 11.8 Å². The highest BCUT2D eigenvalue weighted by Gasteiger charge is 2.24. The van der Waals surface area contributed by atoms with Gasteiger partial charge in [-0.25, -0.2) is 0 Å². The van der Waals surface area contributed by atoms with Gasteiger partial charge in [-0.15, -0.1) is 0 Å². The fourth-order valence-corrected chi connectivity index (χ4v) is 4.00. The molecule has 1 heterocycles. The van der Waals surface area contributed by atoms with Crippen LogP contribution in [0, 0.1) is 20.8 Å². The lowest BCUT2D eigenvalue weighted by molar-refractivity contribution is -0.134. The van der Waals surface area contributed by atoms with Gasteiger partial charge in [-0.05, 0) is 68.4 Å². The summed E-state index contributed by atoms with van der Waals surface area (Å²) in [6.07, 6.45) is 2.31. The second-order valence-electron chi connectivity index (χ2n) is 8.41. The van der Waals surface area contributed by atoms with Crippen molar-refractivity contribution < 1.29 is 19.1 Å². The molecule has 172 valence electrons. The summed E-state index contributed by atoms with van der Waals surface area (Å²) in [5.74, 6) is 1.40. The Bertz CT molecular complexity index is 949. The lowest BCUT2D eigenvalue weighted by Crippen LogP contribution is -2.48. The Morgan fingerprint density at radius 3 is 2.38 bits per heavy atom. The molecule has 0 radical (unpaired) electrons. The van der Waals surface area contributed by atoms with Crippen LogP contribution in [0.2, 0.25) is 0 Å². The van der Waals surface area contributed by atoms with Crippen molar-refractivity contribution in [1.29, 1.82) is 0 Å². The third-order valence-electron chi connectivity index (χ3n) is 6.14. The maximum absolute atomic E-state index is 12.6. The molecule has 6 heteroatoms. The predicted octanol–water partition coefficient (Wildman–Crippen LogP) is 3.74. The van der Waals surface area contributed by atoms with Gasteiger partial charge < -0.3 is 19.7 Å². The Morgan fingerprint density at radius 2 is 1.66 bits per heavy atom. The van der Waals surface area contributed by atoms with Crippen LogP contribution in [0.5, 0.6) is 11.5 Å². The van der Waals surface area contributed by atoms with E-state index in [9.17, 15) is 9.59 Å². The zero-order chi connectivity index (χ0) is 23.1. The number of benzene rings is 2. The summed E-state index contributed by atoms with van der Waals surface area (Å²) in [6.45, 7) is 9.36. The highest BCUT2D eigenvalue weighted by molar-refractivity contribution is 5.79. The molecule has 1 aliphatic rings. The molecular weight excluding hydrogens is 404 g/mol. The van der Waals surface area contributed by atoms with E-state index in [4.69, 9.17) is 9.47 Å². The molecule has 1 fully saturated rings. The number of nitrogens with zero attached hydrogens (tertiary/aromatic N) is 1. The fourth-order valence-electron chi connectivity index (χ4n) is 4.00. The molecule has 1 N–H and O–H groups in total. The van der Waals surface area contributed by atoms with Crippen LogP contribution in [0.1, 0.15) is 42.0 Å². The number of aryl methyl sites for hydroxylation is 3. The number of carbonyl (C=O) groups excluding carboxylic acids is 2. The number of likely N-dealkylation sites (tertiary alicyclic amines) is 1. The summed E-state index contributed by atoms with van der Waals surface area (Å²) in [4.78, 5) is 26.8. The number of hydrogen-bond acceptors (Lipinski definition) is 4. The van der Waals surface area contributed by atoms with E-state index in [0.29, 0.717) is 13.1 Å². The number of amides is 2. The summed E-state index contributed by atoms with van der Waals surface area (Å²) in [5.41, 5.74) is 4.34. The molecule has 32 heavy (non-hydrogen) atoms. The van der Waals surface area contributed by atoms with Crippen molar-refractivity contribution in [3.8, 4) is 11.5 Å². The van der Waals surface area contributed by atoms with E-state index in [2.05, 4.69) is 18.3 Å². The predicted molar refractivity (Wildman–Crippen MR) is 125 cm³/mol. The van der Waals surface area contributed by atoms with Crippen molar-refractivity contribution >= 4 is 11.8 Å². The molecule has 2 amide bonds. The molecule has 1 saturated heterocycles. The SMILES string of the molecule is CCc1ccccc1OCC(=O)NC1CCN(C(=O)COc2c(C)ccc(C)c2C)CC1. The summed E-state index contributed by atoms with van der Waals surface area (Å²) in [5, 5.41) is 3.03. The van der Waals surface area contributed by atoms with Crippen LogP contribution in [0.4, 0.5) is 0 Å². The van der Waals surface area contributed by atoms with Gasteiger partial charge in [0.2, 0.25) is 0 Å². The van der Waals surface area contributed by atoms with E-state index in [0.717, 1.165) is 53.0 Å². The lowest BCUT2D eigenvalue weighted by Gasteiger charge is -2.32. The first-order valence-electron chi connectivity index (χ1n) is 11.4. The Balaban J connectivity index is 1.41. The zero-order valence-corrected chi connectivity index (χ0v) is 19.6. The minimum absolute atomic E-state index is 0.000801. The van der Waals surface area contributed by atoms with Crippen molar-refractivity contribution in [2.45, 2.75) is 53.0 Å². The minimum atomic E-state index is -0.130. The van der Waals surface area contributed by atoms with Crippen LogP contribution in [-0.4, -0.2) is 49.1 Å². The Labute approximate surface area is 190 Å². The van der Waals surface area contributed by atoms with Gasteiger partial charge in [0.05, 0.1) is 0 Å². The third kappa shape index (κ3) is 6.02. The number of piperidine rings is 1. The summed E-state index contributed by atoms with van der Waals surface area (Å²) in [6, 6.07) is 11.9. The second kappa shape index (κ2) is 11.0. The Kier molecular flexibility index (Phi) is 8.14. The van der Waals surface area contributed by atoms with E-state index < -0.39 is 0 Å². The van der Waals surface area contributed by atoms with Gasteiger partial charge in [0.15, 0.2) is 13.2 Å². The molecule has 0 saturated carbocycles. The normalized spacial score (nSPS) is 14.2. The van der Waals surface area contributed by atoms with E-state index in [-0.39, 0.29) is 31.1 Å². The van der Waals surface area contributed by atoms with Crippen LogP contribution in [0.25, 0.3) is 0 Å². The first-order valence-corrected chi connectivity index (χ1v) is 11.4. The molecule has 2 aromatic rings. The van der Waals surface area contributed by atoms with E-state index >= 15 is 0 Å². The molecule has 0 bridgehead atoms. The van der Waals surface area contributed by atoms with Gasteiger partial charge in [0, 0.05) is 19.1 Å². The number of hydrogen-bond donors (Lipinski definition) is 1. The number of nitrogens with one attached hydrogen (secondary N) is 1. The van der Waals surface area contributed by atoms with Crippen LogP contribution < -0.4 is 14.8 Å². The smallest absolute Gasteiger partial charge is 0.260 e. The van der Waals surface area contributed by atoms with E-state index in [1.54, 1.807) is 0 Å². The van der Waals surface area contributed by atoms with Gasteiger partial charge >= 0.3 is 0 Å². The van der Waals surface area contributed by atoms with Crippen LogP contribution >= 0.6 is 0 Å². The highest BCUT2D eigenvalue weighted by Crippen LogP contribution is 2.26. The Morgan fingerprint density at radius 1 is 0.969 bits per heavy atom. The molecule has 0 aromatic heterocycles. The van der Waals surface area contributed by atoms with Gasteiger partial charge in [0.1, 0.15) is 11.5 Å². The molecule has 1 aliphatic heterocycles. The molecule has 0 atom stereocenters. The van der Waals surface area contributed by atoms with Crippen molar-refractivity contribution in [1.82, 2.24) is 10.2 Å². The lowest BCUT2D eigenvalue weighted by atomic mass is 10.0. The highest BCUT2D eigenvalue weighted by atomic mass is 16.5. The van der Waals surface area contributed by atoms with E-state index in [1.807, 2.05) is 56.0 Å². The second-order valence-corrected chi connectivity index (χ2v) is 8.41. The minimum Gasteiger partial charge on any atom is -0.483 e. The van der Waals surface area contributed by atoms with Gasteiger partial charge in [-0.2, -0.15) is 0 Å². The average Bonchev–Trinajstić information content (AvgIpc) is 2.80. The molecule has 2 aromatic carbocycles. The molecule has 0 spiro atoms. The maximum Gasteiger partial charge on any atom is 0.260 e. The maximum atomic E-state index is 12.6. The monoisotopic (exact) mass is 438 g/mol. The number of rotatable bonds is 8.